The lowest BCUT2D eigenvalue weighted by Gasteiger charge is -2.23. The Kier molecular flexibility index (Phi) is 4.94. The smallest absolute Gasteiger partial charge is 0.0824 e. The molecule has 0 aliphatic carbocycles. The van der Waals surface area contributed by atoms with E-state index in [4.69, 9.17) is 9.47 Å². The summed E-state index contributed by atoms with van der Waals surface area (Å²) in [7, 11) is 1.78. The molecule has 3 rings (SSSR count). The van der Waals surface area contributed by atoms with E-state index in [1.54, 1.807) is 7.11 Å². The number of hydrogen-bond acceptors (Lipinski definition) is 3. The van der Waals surface area contributed by atoms with Gasteiger partial charge >= 0.3 is 0 Å². The summed E-state index contributed by atoms with van der Waals surface area (Å²) in [4.78, 5) is 2.58. The van der Waals surface area contributed by atoms with Crippen LogP contribution >= 0.6 is 0 Å². The first kappa shape index (κ1) is 15.0. The minimum Gasteiger partial charge on any atom is -0.385 e. The molecule has 1 aromatic carbocycles. The van der Waals surface area contributed by atoms with Crippen molar-refractivity contribution >= 4 is 0 Å². The van der Waals surface area contributed by atoms with Crippen LogP contribution in [0.1, 0.15) is 24.8 Å². The SMILES string of the molecule is COCC[C@@H]1CO[C@]2(CCN(CCc3ccccc3)C2)C1. The first-order chi connectivity index (χ1) is 10.3. The van der Waals surface area contributed by atoms with Gasteiger partial charge < -0.3 is 14.4 Å². The lowest BCUT2D eigenvalue weighted by atomic mass is 9.92. The molecule has 3 heteroatoms. The van der Waals surface area contributed by atoms with Crippen molar-refractivity contribution in [2.75, 3.05) is 40.0 Å². The Labute approximate surface area is 128 Å². The number of nitrogens with zero attached hydrogens (tertiary/aromatic N) is 1. The molecule has 3 nitrogen and oxygen atoms in total. The van der Waals surface area contributed by atoms with Gasteiger partial charge in [-0.2, -0.15) is 0 Å². The highest BCUT2D eigenvalue weighted by Crippen LogP contribution is 2.38. The molecule has 2 heterocycles. The van der Waals surface area contributed by atoms with Crippen LogP contribution in [0, 0.1) is 5.92 Å². The molecule has 116 valence electrons. The highest BCUT2D eigenvalue weighted by atomic mass is 16.5. The second-order valence-corrected chi connectivity index (χ2v) is 6.61. The molecule has 2 aliphatic heterocycles. The standard InChI is InChI=1S/C18H27NO2/c1-20-12-8-17-13-18(21-14-17)9-11-19(15-18)10-7-16-5-3-2-4-6-16/h2-6,17H,7-15H2,1H3/t17-,18+/m0/s1. The molecule has 0 N–H and O–H groups in total. The summed E-state index contributed by atoms with van der Waals surface area (Å²) in [5.74, 6) is 0.694. The number of methoxy groups -OCH3 is 1. The van der Waals surface area contributed by atoms with Crippen molar-refractivity contribution in [2.24, 2.45) is 5.92 Å². The van der Waals surface area contributed by atoms with E-state index in [0.717, 1.165) is 39.1 Å². The van der Waals surface area contributed by atoms with E-state index in [1.807, 2.05) is 0 Å². The zero-order valence-corrected chi connectivity index (χ0v) is 13.1. The quantitative estimate of drug-likeness (QED) is 0.804. The molecule has 0 unspecified atom stereocenters. The highest BCUT2D eigenvalue weighted by molar-refractivity contribution is 5.15. The fourth-order valence-corrected chi connectivity index (χ4v) is 3.74. The van der Waals surface area contributed by atoms with Gasteiger partial charge in [-0.05, 0) is 37.2 Å². The van der Waals surface area contributed by atoms with E-state index in [2.05, 4.69) is 35.2 Å². The number of likely N-dealkylation sites (tertiary alicyclic amines) is 1. The summed E-state index contributed by atoms with van der Waals surface area (Å²) in [6.07, 6.45) is 4.70. The minimum absolute atomic E-state index is 0.148. The Balaban J connectivity index is 1.45. The second kappa shape index (κ2) is 6.91. The van der Waals surface area contributed by atoms with Gasteiger partial charge in [0.1, 0.15) is 0 Å². The maximum Gasteiger partial charge on any atom is 0.0824 e. The molecule has 2 aliphatic rings. The minimum atomic E-state index is 0.148. The Morgan fingerprint density at radius 2 is 2.19 bits per heavy atom. The molecular weight excluding hydrogens is 262 g/mol. The predicted octanol–water partition coefficient (Wildman–Crippen LogP) is 2.75. The van der Waals surface area contributed by atoms with E-state index in [0.29, 0.717) is 5.92 Å². The number of benzene rings is 1. The van der Waals surface area contributed by atoms with E-state index in [1.165, 1.54) is 24.9 Å². The molecule has 21 heavy (non-hydrogen) atoms. The fraction of sp³-hybridized carbons (Fsp3) is 0.667. The van der Waals surface area contributed by atoms with Crippen molar-refractivity contribution in [2.45, 2.75) is 31.3 Å². The third kappa shape index (κ3) is 3.85. The van der Waals surface area contributed by atoms with Crippen LogP contribution in [-0.4, -0.2) is 50.5 Å². The Hall–Kier alpha value is -0.900. The largest absolute Gasteiger partial charge is 0.385 e. The van der Waals surface area contributed by atoms with Crippen molar-refractivity contribution in [3.05, 3.63) is 35.9 Å². The maximum atomic E-state index is 6.20. The van der Waals surface area contributed by atoms with Gasteiger partial charge in [-0.15, -0.1) is 0 Å². The van der Waals surface area contributed by atoms with Gasteiger partial charge in [0, 0.05) is 33.4 Å². The van der Waals surface area contributed by atoms with Crippen LogP contribution in [0.2, 0.25) is 0 Å². The average Bonchev–Trinajstić information content (AvgIpc) is 3.11. The zero-order chi connectivity index (χ0) is 14.5. The molecule has 0 aromatic heterocycles. The van der Waals surface area contributed by atoms with Crippen LogP contribution in [0.25, 0.3) is 0 Å². The van der Waals surface area contributed by atoms with Crippen molar-refractivity contribution < 1.29 is 9.47 Å². The molecule has 1 aromatic rings. The predicted molar refractivity (Wildman–Crippen MR) is 84.5 cm³/mol. The Bertz CT molecular complexity index is 436. The molecule has 2 saturated heterocycles. The summed E-state index contributed by atoms with van der Waals surface area (Å²) in [5.41, 5.74) is 1.58. The molecule has 0 radical (unpaired) electrons. The van der Waals surface area contributed by atoms with Gasteiger partial charge in [0.25, 0.3) is 0 Å². The molecule has 0 amide bonds. The molecule has 0 bridgehead atoms. The van der Waals surface area contributed by atoms with Crippen LogP contribution in [-0.2, 0) is 15.9 Å². The molecule has 0 saturated carbocycles. The Morgan fingerprint density at radius 1 is 1.33 bits per heavy atom. The monoisotopic (exact) mass is 289 g/mol. The van der Waals surface area contributed by atoms with E-state index in [-0.39, 0.29) is 5.60 Å². The summed E-state index contributed by atoms with van der Waals surface area (Å²) in [6, 6.07) is 10.8. The van der Waals surface area contributed by atoms with Crippen LogP contribution in [0.15, 0.2) is 30.3 Å². The van der Waals surface area contributed by atoms with Gasteiger partial charge in [0.05, 0.1) is 12.2 Å². The topological polar surface area (TPSA) is 21.7 Å². The molecule has 2 atom stereocenters. The maximum absolute atomic E-state index is 6.20. The Morgan fingerprint density at radius 3 is 3.00 bits per heavy atom. The first-order valence-corrected chi connectivity index (χ1v) is 8.19. The van der Waals surface area contributed by atoms with Crippen LogP contribution in [0.3, 0.4) is 0 Å². The third-order valence-electron chi connectivity index (χ3n) is 4.97. The van der Waals surface area contributed by atoms with Crippen molar-refractivity contribution in [3.63, 3.8) is 0 Å². The first-order valence-electron chi connectivity index (χ1n) is 8.19. The van der Waals surface area contributed by atoms with Gasteiger partial charge in [0.15, 0.2) is 0 Å². The molecule has 2 fully saturated rings. The van der Waals surface area contributed by atoms with Crippen LogP contribution in [0.5, 0.6) is 0 Å². The van der Waals surface area contributed by atoms with Crippen molar-refractivity contribution in [3.8, 4) is 0 Å². The number of rotatable bonds is 6. The normalized spacial score (nSPS) is 29.5. The van der Waals surface area contributed by atoms with Gasteiger partial charge in [-0.1, -0.05) is 30.3 Å². The van der Waals surface area contributed by atoms with Crippen LogP contribution < -0.4 is 0 Å². The summed E-state index contributed by atoms with van der Waals surface area (Å²) >= 11 is 0. The summed E-state index contributed by atoms with van der Waals surface area (Å²) in [6.45, 7) is 5.24. The van der Waals surface area contributed by atoms with Crippen LogP contribution in [0.4, 0.5) is 0 Å². The zero-order valence-electron chi connectivity index (χ0n) is 13.1. The number of hydrogen-bond donors (Lipinski definition) is 0. The second-order valence-electron chi connectivity index (χ2n) is 6.61. The third-order valence-corrected chi connectivity index (χ3v) is 4.97. The average molecular weight is 289 g/mol. The lowest BCUT2D eigenvalue weighted by molar-refractivity contribution is 0.0114. The lowest BCUT2D eigenvalue weighted by Crippen LogP contribution is -2.33. The number of ether oxygens (including phenoxy) is 2. The van der Waals surface area contributed by atoms with Gasteiger partial charge in [-0.25, -0.2) is 0 Å². The van der Waals surface area contributed by atoms with E-state index in [9.17, 15) is 0 Å². The van der Waals surface area contributed by atoms with Crippen molar-refractivity contribution in [1.29, 1.82) is 0 Å². The summed E-state index contributed by atoms with van der Waals surface area (Å²) < 4.78 is 11.4. The van der Waals surface area contributed by atoms with E-state index < -0.39 is 0 Å². The van der Waals surface area contributed by atoms with Gasteiger partial charge in [0.2, 0.25) is 0 Å². The van der Waals surface area contributed by atoms with Gasteiger partial charge in [-0.3, -0.25) is 0 Å². The van der Waals surface area contributed by atoms with Crippen molar-refractivity contribution in [1.82, 2.24) is 4.90 Å². The molecule has 1 spiro atoms. The molecular formula is C18H27NO2. The fourth-order valence-electron chi connectivity index (χ4n) is 3.74. The van der Waals surface area contributed by atoms with E-state index >= 15 is 0 Å². The highest BCUT2D eigenvalue weighted by Gasteiger charge is 2.44. The summed E-state index contributed by atoms with van der Waals surface area (Å²) in [5, 5.41) is 0.